The molecule has 194 valence electrons. The van der Waals surface area contributed by atoms with Gasteiger partial charge in [-0.25, -0.2) is 0 Å². The zero-order valence-electron chi connectivity index (χ0n) is 21.0. The number of pyridine rings is 1. The largest absolute Gasteiger partial charge is 0.459 e. The van der Waals surface area contributed by atoms with Crippen LogP contribution in [0, 0.1) is 5.92 Å². The Balaban J connectivity index is 1.37. The molecule has 38 heavy (non-hydrogen) atoms. The van der Waals surface area contributed by atoms with Crippen LogP contribution in [0.25, 0.3) is 11.3 Å². The van der Waals surface area contributed by atoms with Crippen molar-refractivity contribution < 1.29 is 4.42 Å². The number of rotatable bonds is 5. The average molecular weight is 564 g/mol. The number of hydrogen-bond donors (Lipinski definition) is 1. The number of halogens is 2. The summed E-state index contributed by atoms with van der Waals surface area (Å²) in [5.74, 6) is 2.30. The number of nitrogens with zero attached hydrogens (tertiary/aromatic N) is 3. The van der Waals surface area contributed by atoms with Gasteiger partial charge in [-0.3, -0.25) is 4.98 Å². The van der Waals surface area contributed by atoms with Crippen molar-refractivity contribution in [3.63, 3.8) is 0 Å². The molecule has 4 aromatic rings. The Hall–Kier alpha value is -3.06. The molecule has 2 aliphatic rings. The minimum Gasteiger partial charge on any atom is -0.459 e. The lowest BCUT2D eigenvalue weighted by Crippen LogP contribution is -2.33. The third-order valence-corrected chi connectivity index (χ3v) is 8.35. The summed E-state index contributed by atoms with van der Waals surface area (Å²) in [5, 5.41) is 5.50. The van der Waals surface area contributed by atoms with Gasteiger partial charge >= 0.3 is 0 Å². The molecule has 2 atom stereocenters. The first-order valence-electron chi connectivity index (χ1n) is 12.9. The summed E-state index contributed by atoms with van der Waals surface area (Å²) in [6.45, 7) is 4.36. The molecule has 0 bridgehead atoms. The normalized spacial score (nSPS) is 20.1. The summed E-state index contributed by atoms with van der Waals surface area (Å²) in [6.07, 6.45) is 4.16. The minimum atomic E-state index is -0.254. The van der Waals surface area contributed by atoms with Gasteiger partial charge < -0.3 is 19.5 Å². The average Bonchev–Trinajstić information content (AvgIpc) is 3.55. The molecular formula is C30H28Cl2N4OS. The van der Waals surface area contributed by atoms with Crippen molar-refractivity contribution in [2.75, 3.05) is 22.9 Å². The first-order chi connectivity index (χ1) is 18.5. The maximum absolute atomic E-state index is 6.89. The lowest BCUT2D eigenvalue weighted by molar-refractivity contribution is 0.438. The highest BCUT2D eigenvalue weighted by Gasteiger charge is 2.42. The monoisotopic (exact) mass is 562 g/mol. The first kappa shape index (κ1) is 25.2. The Labute approximate surface area is 238 Å². The van der Waals surface area contributed by atoms with Crippen molar-refractivity contribution in [1.29, 1.82) is 0 Å². The van der Waals surface area contributed by atoms with Crippen LogP contribution in [0.15, 0.2) is 83.4 Å². The molecule has 0 aliphatic carbocycles. The maximum Gasteiger partial charge on any atom is 0.174 e. The number of benzene rings is 2. The standard InChI is InChI=1S/C30H28Cl2N4OS/c1-19-13-16-35(17-14-19)25-10-9-22(18-23(25)32)36-29(28(34-30(36)38)24-4-2-3-15-33-24)27-12-11-26(37-27)20-5-7-21(31)8-6-20/h2-12,15,18-19,28-29H,13-14,16-17H2,1H3,(H,34,38)/t28-,29+/m0/s1. The van der Waals surface area contributed by atoms with Crippen LogP contribution in [-0.4, -0.2) is 23.2 Å². The molecule has 0 amide bonds. The fraction of sp³-hybridized carbons (Fsp3) is 0.267. The Kier molecular flexibility index (Phi) is 7.04. The summed E-state index contributed by atoms with van der Waals surface area (Å²) in [4.78, 5) is 9.11. The highest BCUT2D eigenvalue weighted by atomic mass is 35.5. The van der Waals surface area contributed by atoms with Crippen LogP contribution in [-0.2, 0) is 0 Å². The zero-order chi connectivity index (χ0) is 26.2. The van der Waals surface area contributed by atoms with Crippen LogP contribution >= 0.6 is 35.4 Å². The van der Waals surface area contributed by atoms with Crippen molar-refractivity contribution >= 4 is 51.9 Å². The number of hydrogen-bond acceptors (Lipinski definition) is 4. The van der Waals surface area contributed by atoms with Crippen molar-refractivity contribution in [3.8, 4) is 11.3 Å². The van der Waals surface area contributed by atoms with E-state index in [-0.39, 0.29) is 12.1 Å². The summed E-state index contributed by atoms with van der Waals surface area (Å²) < 4.78 is 6.45. The van der Waals surface area contributed by atoms with E-state index in [1.54, 1.807) is 6.20 Å². The van der Waals surface area contributed by atoms with E-state index in [2.05, 4.69) is 39.2 Å². The molecule has 2 fully saturated rings. The Morgan fingerprint density at radius 2 is 1.76 bits per heavy atom. The van der Waals surface area contributed by atoms with Gasteiger partial charge in [-0.1, -0.05) is 36.2 Å². The summed E-state index contributed by atoms with van der Waals surface area (Å²) >= 11 is 18.9. The van der Waals surface area contributed by atoms with Crippen LogP contribution < -0.4 is 15.1 Å². The van der Waals surface area contributed by atoms with Crippen LogP contribution in [0.4, 0.5) is 11.4 Å². The van der Waals surface area contributed by atoms with Gasteiger partial charge in [-0.2, -0.15) is 0 Å². The molecule has 0 radical (unpaired) electrons. The molecule has 5 nitrogen and oxygen atoms in total. The number of aromatic nitrogens is 1. The molecule has 0 unspecified atom stereocenters. The fourth-order valence-electron chi connectivity index (χ4n) is 5.35. The molecule has 2 saturated heterocycles. The van der Waals surface area contributed by atoms with E-state index in [0.29, 0.717) is 10.1 Å². The van der Waals surface area contributed by atoms with Crippen molar-refractivity contribution in [1.82, 2.24) is 10.3 Å². The molecule has 2 aromatic heterocycles. The summed E-state index contributed by atoms with van der Waals surface area (Å²) in [6, 6.07) is 23.3. The molecule has 6 rings (SSSR count). The van der Waals surface area contributed by atoms with E-state index in [1.807, 2.05) is 60.7 Å². The second-order valence-corrected chi connectivity index (χ2v) is 11.2. The second-order valence-electron chi connectivity index (χ2n) is 10.0. The molecule has 0 saturated carbocycles. The Bertz CT molecular complexity index is 1430. The van der Waals surface area contributed by atoms with Gasteiger partial charge in [-0.15, -0.1) is 0 Å². The molecular weight excluding hydrogens is 535 g/mol. The van der Waals surface area contributed by atoms with E-state index in [1.165, 1.54) is 12.8 Å². The van der Waals surface area contributed by atoms with E-state index in [0.717, 1.165) is 58.2 Å². The van der Waals surface area contributed by atoms with E-state index in [9.17, 15) is 0 Å². The molecule has 8 heteroatoms. The predicted octanol–water partition coefficient (Wildman–Crippen LogP) is 8.06. The van der Waals surface area contributed by atoms with Gasteiger partial charge in [0.1, 0.15) is 17.6 Å². The van der Waals surface area contributed by atoms with E-state index < -0.39 is 0 Å². The van der Waals surface area contributed by atoms with Crippen LogP contribution in [0.5, 0.6) is 0 Å². The van der Waals surface area contributed by atoms with E-state index in [4.69, 9.17) is 39.8 Å². The third kappa shape index (κ3) is 4.89. The lowest BCUT2D eigenvalue weighted by atomic mass is 9.98. The molecule has 0 spiro atoms. The van der Waals surface area contributed by atoms with Crippen LogP contribution in [0.2, 0.25) is 10.0 Å². The van der Waals surface area contributed by atoms with Crippen LogP contribution in [0.1, 0.15) is 43.3 Å². The van der Waals surface area contributed by atoms with Crippen LogP contribution in [0.3, 0.4) is 0 Å². The highest BCUT2D eigenvalue weighted by Crippen LogP contribution is 2.44. The smallest absolute Gasteiger partial charge is 0.174 e. The number of nitrogens with one attached hydrogen (secondary N) is 1. The minimum absolute atomic E-state index is 0.199. The molecule has 4 heterocycles. The second kappa shape index (κ2) is 10.6. The van der Waals surface area contributed by atoms with Gasteiger partial charge in [0.25, 0.3) is 0 Å². The number of piperidine rings is 1. The van der Waals surface area contributed by atoms with Gasteiger partial charge in [0.05, 0.1) is 22.4 Å². The molecule has 1 N–H and O–H groups in total. The van der Waals surface area contributed by atoms with Gasteiger partial charge in [0.15, 0.2) is 5.11 Å². The highest BCUT2D eigenvalue weighted by molar-refractivity contribution is 7.80. The molecule has 2 aliphatic heterocycles. The van der Waals surface area contributed by atoms with Gasteiger partial charge in [0.2, 0.25) is 0 Å². The lowest BCUT2D eigenvalue weighted by Gasteiger charge is -2.33. The number of thiocarbonyl (C=S) groups is 1. The van der Waals surface area contributed by atoms with Crippen molar-refractivity contribution in [2.45, 2.75) is 31.8 Å². The Morgan fingerprint density at radius 1 is 0.974 bits per heavy atom. The first-order valence-corrected chi connectivity index (χ1v) is 14.0. The number of furan rings is 1. The zero-order valence-corrected chi connectivity index (χ0v) is 23.3. The third-order valence-electron chi connectivity index (χ3n) is 7.48. The summed E-state index contributed by atoms with van der Waals surface area (Å²) in [5.41, 5.74) is 3.83. The molecule has 2 aromatic carbocycles. The number of anilines is 2. The Morgan fingerprint density at radius 3 is 2.47 bits per heavy atom. The summed E-state index contributed by atoms with van der Waals surface area (Å²) in [7, 11) is 0. The van der Waals surface area contributed by atoms with Crippen molar-refractivity contribution in [2.24, 2.45) is 5.92 Å². The van der Waals surface area contributed by atoms with Gasteiger partial charge in [-0.05, 0) is 97.7 Å². The van der Waals surface area contributed by atoms with Gasteiger partial charge in [0, 0.05) is 35.6 Å². The fourth-order valence-corrected chi connectivity index (χ4v) is 6.12. The topological polar surface area (TPSA) is 44.5 Å². The SMILES string of the molecule is CC1CCN(c2ccc(N3C(=S)N[C@@H](c4ccccn4)[C@H]3c3ccc(-c4ccc(Cl)cc4)o3)cc2Cl)CC1. The maximum atomic E-state index is 6.89. The predicted molar refractivity (Wildman–Crippen MR) is 159 cm³/mol. The van der Waals surface area contributed by atoms with E-state index >= 15 is 0 Å². The quantitative estimate of drug-likeness (QED) is 0.248. The van der Waals surface area contributed by atoms with Crippen molar-refractivity contribution in [3.05, 3.63) is 100 Å².